The Hall–Kier alpha value is -1.04. The fourth-order valence-electron chi connectivity index (χ4n) is 2.30. The van der Waals surface area contributed by atoms with Crippen LogP contribution in [-0.2, 0) is 6.18 Å². The maximum atomic E-state index is 12.5. The topological polar surface area (TPSA) is 38.0 Å². The zero-order chi connectivity index (χ0) is 12.6. The average Bonchev–Trinajstić information content (AvgIpc) is 2.61. The number of halogens is 3. The van der Waals surface area contributed by atoms with Crippen LogP contribution in [-0.4, -0.2) is 21.0 Å². The van der Waals surface area contributed by atoms with Crippen LogP contribution in [0.1, 0.15) is 43.1 Å². The Bertz CT molecular complexity index is 392. The predicted molar refractivity (Wildman–Crippen MR) is 55.5 cm³/mol. The summed E-state index contributed by atoms with van der Waals surface area (Å²) in [4.78, 5) is 0. The Morgan fingerprint density at radius 3 is 2.35 bits per heavy atom. The van der Waals surface area contributed by atoms with Crippen molar-refractivity contribution in [1.82, 2.24) is 9.78 Å². The molecule has 1 N–H and O–H groups in total. The molecule has 0 aromatic carbocycles. The molecule has 0 saturated heterocycles. The second-order valence-electron chi connectivity index (χ2n) is 4.58. The molecule has 0 amide bonds. The van der Waals surface area contributed by atoms with E-state index in [0.29, 0.717) is 31.4 Å². The van der Waals surface area contributed by atoms with Crippen molar-refractivity contribution in [3.8, 4) is 0 Å². The zero-order valence-corrected chi connectivity index (χ0v) is 9.54. The van der Waals surface area contributed by atoms with Crippen molar-refractivity contribution in [2.24, 2.45) is 0 Å². The van der Waals surface area contributed by atoms with Gasteiger partial charge in [0.1, 0.15) is 0 Å². The maximum Gasteiger partial charge on any atom is 0.435 e. The van der Waals surface area contributed by atoms with Gasteiger partial charge in [-0.05, 0) is 38.7 Å². The Kier molecular flexibility index (Phi) is 3.16. The van der Waals surface area contributed by atoms with E-state index in [1.54, 1.807) is 6.92 Å². The van der Waals surface area contributed by atoms with E-state index in [2.05, 4.69) is 5.10 Å². The second-order valence-corrected chi connectivity index (χ2v) is 4.58. The number of aryl methyl sites for hydroxylation is 1. The van der Waals surface area contributed by atoms with Gasteiger partial charge in [0.15, 0.2) is 5.69 Å². The molecule has 1 aromatic heterocycles. The SMILES string of the molecule is Cc1cc(C(F)(F)F)nn1C1CCC(O)CC1. The van der Waals surface area contributed by atoms with Gasteiger partial charge in [0.05, 0.1) is 12.1 Å². The molecule has 1 heterocycles. The van der Waals surface area contributed by atoms with Crippen LogP contribution in [0.4, 0.5) is 13.2 Å². The molecule has 1 saturated carbocycles. The van der Waals surface area contributed by atoms with Crippen LogP contribution in [0.25, 0.3) is 0 Å². The fraction of sp³-hybridized carbons (Fsp3) is 0.727. The normalized spacial score (nSPS) is 26.2. The van der Waals surface area contributed by atoms with Gasteiger partial charge >= 0.3 is 6.18 Å². The van der Waals surface area contributed by atoms with Crippen LogP contribution in [0, 0.1) is 6.92 Å². The summed E-state index contributed by atoms with van der Waals surface area (Å²) in [6.45, 7) is 1.63. The molecule has 0 radical (unpaired) electrons. The van der Waals surface area contributed by atoms with Crippen molar-refractivity contribution in [1.29, 1.82) is 0 Å². The van der Waals surface area contributed by atoms with Gasteiger partial charge in [0.2, 0.25) is 0 Å². The Morgan fingerprint density at radius 1 is 1.29 bits per heavy atom. The van der Waals surface area contributed by atoms with Gasteiger partial charge in [0, 0.05) is 5.69 Å². The van der Waals surface area contributed by atoms with Crippen molar-refractivity contribution >= 4 is 0 Å². The molecule has 1 fully saturated rings. The van der Waals surface area contributed by atoms with Crippen molar-refractivity contribution in [2.75, 3.05) is 0 Å². The number of nitrogens with zero attached hydrogens (tertiary/aromatic N) is 2. The first kappa shape index (κ1) is 12.4. The minimum absolute atomic E-state index is 0.0190. The van der Waals surface area contributed by atoms with Crippen molar-refractivity contribution < 1.29 is 18.3 Å². The third kappa shape index (κ3) is 2.62. The van der Waals surface area contributed by atoms with Gasteiger partial charge in [-0.1, -0.05) is 0 Å². The third-order valence-electron chi connectivity index (χ3n) is 3.22. The van der Waals surface area contributed by atoms with Gasteiger partial charge < -0.3 is 5.11 Å². The molecule has 1 aliphatic carbocycles. The highest BCUT2D eigenvalue weighted by Crippen LogP contribution is 2.33. The number of rotatable bonds is 1. The minimum atomic E-state index is -4.38. The smallest absolute Gasteiger partial charge is 0.393 e. The van der Waals surface area contributed by atoms with Crippen molar-refractivity contribution in [2.45, 2.75) is 50.9 Å². The lowest BCUT2D eigenvalue weighted by atomic mass is 9.93. The van der Waals surface area contributed by atoms with Gasteiger partial charge in [-0.15, -0.1) is 0 Å². The molecule has 1 aliphatic rings. The fourth-order valence-corrected chi connectivity index (χ4v) is 2.30. The highest BCUT2D eigenvalue weighted by Gasteiger charge is 2.35. The highest BCUT2D eigenvalue weighted by atomic mass is 19.4. The second kappa shape index (κ2) is 4.33. The zero-order valence-electron chi connectivity index (χ0n) is 9.54. The number of hydrogen-bond donors (Lipinski definition) is 1. The lowest BCUT2D eigenvalue weighted by molar-refractivity contribution is -0.141. The molecule has 3 nitrogen and oxygen atoms in total. The highest BCUT2D eigenvalue weighted by molar-refractivity contribution is 5.12. The molecule has 0 spiro atoms. The molecule has 2 rings (SSSR count). The first-order valence-electron chi connectivity index (χ1n) is 5.69. The third-order valence-corrected chi connectivity index (χ3v) is 3.22. The average molecular weight is 248 g/mol. The van der Waals surface area contributed by atoms with E-state index in [9.17, 15) is 18.3 Å². The predicted octanol–water partition coefficient (Wildman–Crippen LogP) is 2.69. The van der Waals surface area contributed by atoms with E-state index in [-0.39, 0.29) is 12.1 Å². The number of aliphatic hydroxyl groups excluding tert-OH is 1. The molecule has 17 heavy (non-hydrogen) atoms. The van der Waals surface area contributed by atoms with Crippen molar-refractivity contribution in [3.05, 3.63) is 17.5 Å². The Labute approximate surface area is 97.2 Å². The van der Waals surface area contributed by atoms with E-state index >= 15 is 0 Å². The van der Waals surface area contributed by atoms with E-state index in [1.807, 2.05) is 0 Å². The molecule has 6 heteroatoms. The number of hydrogen-bond acceptors (Lipinski definition) is 2. The number of alkyl halides is 3. The summed E-state index contributed by atoms with van der Waals surface area (Å²) in [7, 11) is 0. The number of aromatic nitrogens is 2. The molecule has 96 valence electrons. The van der Waals surface area contributed by atoms with E-state index in [0.717, 1.165) is 6.07 Å². The summed E-state index contributed by atoms with van der Waals surface area (Å²) in [5.74, 6) is 0. The molecule has 0 atom stereocenters. The molecule has 0 unspecified atom stereocenters. The summed E-state index contributed by atoms with van der Waals surface area (Å²) in [5, 5.41) is 13.0. The van der Waals surface area contributed by atoms with Crippen LogP contribution >= 0.6 is 0 Å². The maximum absolute atomic E-state index is 12.5. The van der Waals surface area contributed by atoms with Crippen LogP contribution in [0.15, 0.2) is 6.07 Å². The van der Waals surface area contributed by atoms with Crippen molar-refractivity contribution in [3.63, 3.8) is 0 Å². The molecule has 0 aliphatic heterocycles. The van der Waals surface area contributed by atoms with E-state index in [4.69, 9.17) is 0 Å². The van der Waals surface area contributed by atoms with Crippen LogP contribution in [0.3, 0.4) is 0 Å². The largest absolute Gasteiger partial charge is 0.435 e. The van der Waals surface area contributed by atoms with Crippen LogP contribution < -0.4 is 0 Å². The summed E-state index contributed by atoms with van der Waals surface area (Å²) in [6.07, 6.45) is -2.08. The van der Waals surface area contributed by atoms with Crippen LogP contribution in [0.5, 0.6) is 0 Å². The Balaban J connectivity index is 2.19. The lowest BCUT2D eigenvalue weighted by Gasteiger charge is -2.26. The van der Waals surface area contributed by atoms with Gasteiger partial charge in [-0.3, -0.25) is 4.68 Å². The summed E-state index contributed by atoms with van der Waals surface area (Å²) in [5.41, 5.74) is -0.306. The van der Waals surface area contributed by atoms with Gasteiger partial charge in [-0.2, -0.15) is 18.3 Å². The molecule has 0 bridgehead atoms. The first-order chi connectivity index (χ1) is 7.88. The monoisotopic (exact) mass is 248 g/mol. The van der Waals surface area contributed by atoms with E-state index in [1.165, 1.54) is 4.68 Å². The number of aliphatic hydroxyl groups is 1. The standard InChI is InChI=1S/C11H15F3N2O/c1-7-6-10(11(12,13)14)15-16(7)8-2-4-9(17)5-3-8/h6,8-9,17H,2-5H2,1H3. The molecular formula is C11H15F3N2O. The summed E-state index contributed by atoms with van der Waals surface area (Å²) >= 11 is 0. The lowest BCUT2D eigenvalue weighted by Crippen LogP contribution is -2.22. The quantitative estimate of drug-likeness (QED) is 0.829. The summed E-state index contributed by atoms with van der Waals surface area (Å²) < 4.78 is 38.9. The van der Waals surface area contributed by atoms with Gasteiger partial charge in [0.25, 0.3) is 0 Å². The van der Waals surface area contributed by atoms with E-state index < -0.39 is 11.9 Å². The molecule has 1 aromatic rings. The molecular weight excluding hydrogens is 233 g/mol. The first-order valence-corrected chi connectivity index (χ1v) is 5.69. The minimum Gasteiger partial charge on any atom is -0.393 e. The summed E-state index contributed by atoms with van der Waals surface area (Å²) in [6, 6.07) is 1.06. The van der Waals surface area contributed by atoms with Gasteiger partial charge in [-0.25, -0.2) is 0 Å². The van der Waals surface area contributed by atoms with Crippen LogP contribution in [0.2, 0.25) is 0 Å². The Morgan fingerprint density at radius 2 is 1.88 bits per heavy atom.